The second-order valence-corrected chi connectivity index (χ2v) is 5.24. The van der Waals surface area contributed by atoms with Gasteiger partial charge in [-0.05, 0) is 43.0 Å². The van der Waals surface area contributed by atoms with Crippen LogP contribution in [-0.4, -0.2) is 37.0 Å². The van der Waals surface area contributed by atoms with Gasteiger partial charge in [0.1, 0.15) is 5.75 Å². The van der Waals surface area contributed by atoms with E-state index in [0.717, 1.165) is 36.3 Å². The molecule has 0 aliphatic carbocycles. The maximum atomic E-state index is 12.2. The Hall–Kier alpha value is -1.81. The number of methoxy groups -OCH3 is 1. The molecule has 1 aliphatic heterocycles. The van der Waals surface area contributed by atoms with Crippen molar-refractivity contribution in [3.05, 3.63) is 35.9 Å². The number of piperidine rings is 1. The molecule has 1 atom stereocenters. The fourth-order valence-corrected chi connectivity index (χ4v) is 2.42. The molecule has 0 saturated carbocycles. The smallest absolute Gasteiger partial charge is 0.246 e. The summed E-state index contributed by atoms with van der Waals surface area (Å²) in [6.07, 6.45) is 3.69. The van der Waals surface area contributed by atoms with Crippen LogP contribution < -0.4 is 10.5 Å². The number of allylic oxidation sites excluding steroid dienone is 1. The third kappa shape index (κ3) is 3.61. The maximum Gasteiger partial charge on any atom is 0.246 e. The number of hydrogen-bond donors (Lipinski definition) is 1. The van der Waals surface area contributed by atoms with Gasteiger partial charge in [0.25, 0.3) is 0 Å². The van der Waals surface area contributed by atoms with Crippen molar-refractivity contribution < 1.29 is 9.53 Å². The second-order valence-electron chi connectivity index (χ2n) is 5.24. The zero-order chi connectivity index (χ0) is 14.5. The van der Waals surface area contributed by atoms with E-state index < -0.39 is 0 Å². The van der Waals surface area contributed by atoms with Crippen molar-refractivity contribution >= 4 is 11.5 Å². The van der Waals surface area contributed by atoms with Gasteiger partial charge in [0.2, 0.25) is 5.91 Å². The van der Waals surface area contributed by atoms with Gasteiger partial charge in [-0.2, -0.15) is 0 Å². The van der Waals surface area contributed by atoms with Gasteiger partial charge in [0, 0.05) is 25.2 Å². The van der Waals surface area contributed by atoms with Crippen LogP contribution in [0.2, 0.25) is 0 Å². The van der Waals surface area contributed by atoms with Gasteiger partial charge in [-0.15, -0.1) is 0 Å². The highest BCUT2D eigenvalue weighted by Crippen LogP contribution is 2.19. The fourth-order valence-electron chi connectivity index (χ4n) is 2.42. The van der Waals surface area contributed by atoms with E-state index in [9.17, 15) is 4.79 Å². The Morgan fingerprint density at radius 2 is 2.10 bits per heavy atom. The number of hydrogen-bond acceptors (Lipinski definition) is 3. The number of ether oxygens (including phenoxy) is 1. The third-order valence-corrected chi connectivity index (χ3v) is 3.65. The normalized spacial score (nSPS) is 19.9. The first-order valence-corrected chi connectivity index (χ1v) is 6.97. The topological polar surface area (TPSA) is 55.6 Å². The fraction of sp³-hybridized carbons (Fsp3) is 0.438. The van der Waals surface area contributed by atoms with Crippen molar-refractivity contribution in [2.24, 2.45) is 5.73 Å². The predicted octanol–water partition coefficient (Wildman–Crippen LogP) is 2.05. The van der Waals surface area contributed by atoms with Crippen LogP contribution in [0.4, 0.5) is 0 Å². The minimum absolute atomic E-state index is 0.0495. The minimum Gasteiger partial charge on any atom is -0.497 e. The largest absolute Gasteiger partial charge is 0.497 e. The highest BCUT2D eigenvalue weighted by molar-refractivity contribution is 5.95. The molecular weight excluding hydrogens is 252 g/mol. The summed E-state index contributed by atoms with van der Waals surface area (Å²) < 4.78 is 5.13. The van der Waals surface area contributed by atoms with Gasteiger partial charge in [0.05, 0.1) is 7.11 Å². The lowest BCUT2D eigenvalue weighted by Crippen LogP contribution is -2.45. The first-order chi connectivity index (χ1) is 9.60. The molecule has 2 rings (SSSR count). The minimum atomic E-state index is 0.0495. The molecule has 1 unspecified atom stereocenters. The molecule has 0 spiro atoms. The van der Waals surface area contributed by atoms with E-state index >= 15 is 0 Å². The number of benzene rings is 1. The summed E-state index contributed by atoms with van der Waals surface area (Å²) in [7, 11) is 1.64. The van der Waals surface area contributed by atoms with Gasteiger partial charge in [-0.1, -0.05) is 12.1 Å². The maximum absolute atomic E-state index is 12.2. The molecule has 1 saturated heterocycles. The number of rotatable bonds is 3. The molecule has 20 heavy (non-hydrogen) atoms. The summed E-state index contributed by atoms with van der Waals surface area (Å²) in [6, 6.07) is 7.82. The van der Waals surface area contributed by atoms with Gasteiger partial charge >= 0.3 is 0 Å². The number of likely N-dealkylation sites (tertiary alicyclic amines) is 1. The molecule has 0 bridgehead atoms. The van der Waals surface area contributed by atoms with Crippen molar-refractivity contribution in [2.75, 3.05) is 20.2 Å². The van der Waals surface area contributed by atoms with Crippen LogP contribution in [0.15, 0.2) is 30.3 Å². The number of amides is 1. The van der Waals surface area contributed by atoms with E-state index in [0.29, 0.717) is 6.54 Å². The van der Waals surface area contributed by atoms with Gasteiger partial charge < -0.3 is 15.4 Å². The molecule has 4 heteroatoms. The monoisotopic (exact) mass is 274 g/mol. The Bertz CT molecular complexity index is 494. The molecule has 1 heterocycles. The summed E-state index contributed by atoms with van der Waals surface area (Å²) in [5.41, 5.74) is 7.89. The Balaban J connectivity index is 2.06. The molecule has 1 aromatic carbocycles. The Morgan fingerprint density at radius 3 is 2.70 bits per heavy atom. The molecule has 1 amide bonds. The molecule has 0 radical (unpaired) electrons. The molecule has 1 aromatic rings. The van der Waals surface area contributed by atoms with E-state index in [1.54, 1.807) is 13.2 Å². The zero-order valence-electron chi connectivity index (χ0n) is 12.1. The van der Waals surface area contributed by atoms with Crippen LogP contribution >= 0.6 is 0 Å². The molecule has 1 aliphatic rings. The molecule has 108 valence electrons. The lowest BCUT2D eigenvalue weighted by Gasteiger charge is -2.30. The third-order valence-electron chi connectivity index (χ3n) is 3.65. The number of nitrogens with two attached hydrogens (primary N) is 1. The summed E-state index contributed by atoms with van der Waals surface area (Å²) in [5, 5.41) is 0. The standard InChI is InChI=1S/C16H22N2O2/c1-12(13-5-7-15(20-2)8-6-13)10-16(19)18-9-3-4-14(17)11-18/h5-8,10,14H,3-4,9,11,17H2,1-2H3. The number of carbonyl (C=O) groups excluding carboxylic acids is 1. The number of nitrogens with zero attached hydrogens (tertiary/aromatic N) is 1. The van der Waals surface area contributed by atoms with E-state index in [-0.39, 0.29) is 11.9 Å². The van der Waals surface area contributed by atoms with Gasteiger partial charge in [0.15, 0.2) is 0 Å². The number of carbonyl (C=O) groups is 1. The molecule has 4 nitrogen and oxygen atoms in total. The van der Waals surface area contributed by atoms with Crippen molar-refractivity contribution in [3.8, 4) is 5.75 Å². The highest BCUT2D eigenvalue weighted by Gasteiger charge is 2.19. The first kappa shape index (κ1) is 14.6. The van der Waals surface area contributed by atoms with Gasteiger partial charge in [-0.25, -0.2) is 0 Å². The lowest BCUT2D eigenvalue weighted by molar-refractivity contribution is -0.127. The quantitative estimate of drug-likeness (QED) is 0.858. The van der Waals surface area contributed by atoms with Crippen LogP contribution in [-0.2, 0) is 4.79 Å². The lowest BCUT2D eigenvalue weighted by atomic mass is 10.0. The summed E-state index contributed by atoms with van der Waals surface area (Å²) in [4.78, 5) is 14.1. The van der Waals surface area contributed by atoms with Crippen molar-refractivity contribution in [3.63, 3.8) is 0 Å². The molecular formula is C16H22N2O2. The van der Waals surface area contributed by atoms with Crippen LogP contribution in [0.5, 0.6) is 5.75 Å². The first-order valence-electron chi connectivity index (χ1n) is 6.97. The van der Waals surface area contributed by atoms with Crippen LogP contribution in [0.25, 0.3) is 5.57 Å². The SMILES string of the molecule is COc1ccc(C(C)=CC(=O)N2CCCC(N)C2)cc1. The van der Waals surface area contributed by atoms with E-state index in [1.165, 1.54) is 0 Å². The average Bonchev–Trinajstić information content (AvgIpc) is 2.47. The Labute approximate surface area is 120 Å². The van der Waals surface area contributed by atoms with Gasteiger partial charge in [-0.3, -0.25) is 4.79 Å². The van der Waals surface area contributed by atoms with Crippen molar-refractivity contribution in [1.82, 2.24) is 4.90 Å². The van der Waals surface area contributed by atoms with Crippen molar-refractivity contribution in [1.29, 1.82) is 0 Å². The zero-order valence-corrected chi connectivity index (χ0v) is 12.1. The highest BCUT2D eigenvalue weighted by atomic mass is 16.5. The average molecular weight is 274 g/mol. The summed E-state index contributed by atoms with van der Waals surface area (Å²) in [6.45, 7) is 3.41. The molecule has 1 fully saturated rings. The van der Waals surface area contributed by atoms with Crippen LogP contribution in [0, 0.1) is 0 Å². The Kier molecular flexibility index (Phi) is 4.79. The Morgan fingerprint density at radius 1 is 1.40 bits per heavy atom. The van der Waals surface area contributed by atoms with E-state index in [2.05, 4.69) is 0 Å². The molecule has 2 N–H and O–H groups in total. The summed E-state index contributed by atoms with van der Waals surface area (Å²) >= 11 is 0. The van der Waals surface area contributed by atoms with Crippen LogP contribution in [0.1, 0.15) is 25.3 Å². The van der Waals surface area contributed by atoms with E-state index in [4.69, 9.17) is 10.5 Å². The van der Waals surface area contributed by atoms with E-state index in [1.807, 2.05) is 36.1 Å². The summed E-state index contributed by atoms with van der Waals surface area (Å²) in [5.74, 6) is 0.864. The second kappa shape index (κ2) is 6.57. The van der Waals surface area contributed by atoms with Crippen LogP contribution in [0.3, 0.4) is 0 Å². The predicted molar refractivity (Wildman–Crippen MR) is 80.4 cm³/mol. The van der Waals surface area contributed by atoms with Crippen molar-refractivity contribution in [2.45, 2.75) is 25.8 Å². The molecule has 0 aromatic heterocycles.